The molecule has 1 aliphatic carbocycles. The predicted molar refractivity (Wildman–Crippen MR) is 180 cm³/mol. The number of unbranched alkanes of at least 4 members (excludes halogenated alkanes) is 1. The van der Waals surface area contributed by atoms with E-state index in [9.17, 15) is 31.2 Å². The average Bonchev–Trinajstić information content (AvgIpc) is 3.30. The van der Waals surface area contributed by atoms with Gasteiger partial charge in [-0.05, 0) is 90.7 Å². The van der Waals surface area contributed by atoms with Gasteiger partial charge in [0, 0.05) is 37.1 Å². The van der Waals surface area contributed by atoms with Crippen molar-refractivity contribution in [2.24, 2.45) is 17.8 Å². The molecular weight excluding hydrogens is 715 g/mol. The molecule has 1 aliphatic heterocycles. The van der Waals surface area contributed by atoms with Crippen LogP contribution in [-0.2, 0) is 21.3 Å². The van der Waals surface area contributed by atoms with Crippen molar-refractivity contribution in [1.29, 1.82) is 0 Å². The summed E-state index contributed by atoms with van der Waals surface area (Å²) in [7, 11) is -4.28. The van der Waals surface area contributed by atoms with Crippen LogP contribution in [0, 0.1) is 17.8 Å². The van der Waals surface area contributed by atoms with E-state index >= 15 is 0 Å². The molecule has 3 unspecified atom stereocenters. The van der Waals surface area contributed by atoms with Gasteiger partial charge in [-0.2, -0.15) is 18.3 Å². The number of likely N-dealkylation sites (tertiary alicyclic amines) is 1. The fourth-order valence-electron chi connectivity index (χ4n) is 6.28. The molecule has 4 heterocycles. The lowest BCUT2D eigenvalue weighted by molar-refractivity contribution is -0.151. The van der Waals surface area contributed by atoms with Crippen LogP contribution >= 0.6 is 11.6 Å². The normalized spacial score (nSPS) is 20.3. The van der Waals surface area contributed by atoms with E-state index in [4.69, 9.17) is 21.1 Å². The van der Waals surface area contributed by atoms with Gasteiger partial charge < -0.3 is 14.4 Å². The number of nitrogens with zero attached hydrogens (tertiary/aromatic N) is 6. The minimum atomic E-state index is -4.28. The molecule has 2 fully saturated rings. The zero-order valence-electron chi connectivity index (χ0n) is 29.1. The van der Waals surface area contributed by atoms with E-state index in [0.29, 0.717) is 19.0 Å². The first-order valence-corrected chi connectivity index (χ1v) is 18.6. The Morgan fingerprint density at radius 2 is 1.86 bits per heavy atom. The second-order valence-electron chi connectivity index (χ2n) is 14.7. The molecule has 0 radical (unpaired) electrons. The standard InChI is InChI=1S/C33H43ClF3N7O6S/c1-31(2,3)50-30(46)43-19-21(17-32(43,4)5)8-6-7-13-42-20-23(18-38-42)51(47,48)41-29(45)24-9-10-26(39-28(24)34)44-14-11-27(40-44)49-15-12-22-16-25(22)33(35,36)37/h9-11,14,18,20-22,25H,6-8,12-13,15-17,19H2,1-5H3,(H,41,45). The summed E-state index contributed by atoms with van der Waals surface area (Å²) in [5.74, 6) is -2.01. The maximum absolute atomic E-state index is 13.0. The minimum absolute atomic E-state index is 0.0750. The van der Waals surface area contributed by atoms with Crippen LogP contribution in [0.5, 0.6) is 5.88 Å². The largest absolute Gasteiger partial charge is 0.477 e. The molecule has 1 saturated carbocycles. The highest BCUT2D eigenvalue weighted by Gasteiger charge is 2.55. The van der Waals surface area contributed by atoms with Crippen molar-refractivity contribution in [2.75, 3.05) is 13.2 Å². The topological polar surface area (TPSA) is 151 Å². The number of carbonyl (C=O) groups excluding carboxylic acids is 2. The maximum Gasteiger partial charge on any atom is 0.410 e. The fourth-order valence-corrected chi connectivity index (χ4v) is 7.44. The third-order valence-corrected chi connectivity index (χ3v) is 10.5. The number of nitrogens with one attached hydrogen (secondary N) is 1. The van der Waals surface area contributed by atoms with Gasteiger partial charge in [-0.3, -0.25) is 9.48 Å². The van der Waals surface area contributed by atoms with Crippen LogP contribution in [0.4, 0.5) is 18.0 Å². The number of sulfonamides is 1. The molecule has 2 aliphatic rings. The summed E-state index contributed by atoms with van der Waals surface area (Å²) in [4.78, 5) is 31.3. The third kappa shape index (κ3) is 9.93. The smallest absolute Gasteiger partial charge is 0.410 e. The Balaban J connectivity index is 1.08. The van der Waals surface area contributed by atoms with Crippen molar-refractivity contribution < 1.29 is 40.7 Å². The van der Waals surface area contributed by atoms with E-state index in [1.54, 1.807) is 4.90 Å². The lowest BCUT2D eigenvalue weighted by Crippen LogP contribution is -2.45. The number of rotatable bonds is 13. The highest BCUT2D eigenvalue weighted by atomic mass is 35.5. The summed E-state index contributed by atoms with van der Waals surface area (Å²) < 4.78 is 80.0. The van der Waals surface area contributed by atoms with Gasteiger partial charge in [-0.15, -0.1) is 5.10 Å². The Morgan fingerprint density at radius 3 is 2.53 bits per heavy atom. The summed E-state index contributed by atoms with van der Waals surface area (Å²) in [5, 5.41) is 8.05. The number of amides is 2. The Labute approximate surface area is 299 Å². The number of hydrogen-bond donors (Lipinski definition) is 1. The number of carbonyl (C=O) groups is 2. The predicted octanol–water partition coefficient (Wildman–Crippen LogP) is 6.41. The number of pyridine rings is 1. The number of aryl methyl sites for hydroxylation is 1. The number of halogens is 4. The molecular formula is C33H43ClF3N7O6S. The first kappa shape index (κ1) is 38.4. The summed E-state index contributed by atoms with van der Waals surface area (Å²) in [5.41, 5.74) is -1.07. The summed E-state index contributed by atoms with van der Waals surface area (Å²) >= 11 is 6.25. The van der Waals surface area contributed by atoms with Crippen molar-refractivity contribution in [2.45, 2.75) is 102 Å². The summed E-state index contributed by atoms with van der Waals surface area (Å²) in [6.07, 6.45) is 3.21. The van der Waals surface area contributed by atoms with Gasteiger partial charge in [0.15, 0.2) is 5.82 Å². The highest BCUT2D eigenvalue weighted by molar-refractivity contribution is 7.90. The molecule has 280 valence electrons. The molecule has 1 N–H and O–H groups in total. The average molecular weight is 758 g/mol. The number of ether oxygens (including phenoxy) is 2. The highest BCUT2D eigenvalue weighted by Crippen LogP contribution is 2.51. The van der Waals surface area contributed by atoms with Crippen molar-refractivity contribution in [1.82, 2.24) is 34.2 Å². The number of aromatic nitrogens is 5. The SMILES string of the molecule is CC(C)(C)OC(=O)N1CC(CCCCn2cc(S(=O)(=O)NC(=O)c3ccc(-n4ccc(OCCC5CC5C(F)(F)F)n4)nc3Cl)cn2)CC1(C)C. The van der Waals surface area contributed by atoms with Gasteiger partial charge in [0.2, 0.25) is 5.88 Å². The third-order valence-electron chi connectivity index (χ3n) is 8.93. The molecule has 3 aromatic heterocycles. The molecule has 2 amide bonds. The lowest BCUT2D eigenvalue weighted by atomic mass is 9.93. The van der Waals surface area contributed by atoms with E-state index in [2.05, 4.69) is 15.2 Å². The molecule has 5 rings (SSSR count). The van der Waals surface area contributed by atoms with Gasteiger partial charge in [0.05, 0.1) is 24.3 Å². The van der Waals surface area contributed by atoms with Gasteiger partial charge in [0.25, 0.3) is 15.9 Å². The Hall–Kier alpha value is -3.86. The van der Waals surface area contributed by atoms with E-state index in [-0.39, 0.29) is 58.4 Å². The Kier molecular flexibility index (Phi) is 11.0. The number of alkyl halides is 3. The monoisotopic (exact) mass is 757 g/mol. The zero-order chi connectivity index (χ0) is 37.4. The zero-order valence-corrected chi connectivity index (χ0v) is 30.7. The van der Waals surface area contributed by atoms with Crippen LogP contribution in [0.3, 0.4) is 0 Å². The second-order valence-corrected chi connectivity index (χ2v) is 16.8. The quantitative estimate of drug-likeness (QED) is 0.154. The lowest BCUT2D eigenvalue weighted by Gasteiger charge is -2.33. The van der Waals surface area contributed by atoms with Gasteiger partial charge in [-0.1, -0.05) is 18.0 Å². The Bertz CT molecular complexity index is 1840. The van der Waals surface area contributed by atoms with Gasteiger partial charge >= 0.3 is 12.3 Å². The van der Waals surface area contributed by atoms with E-state index in [0.717, 1.165) is 31.9 Å². The second kappa shape index (κ2) is 14.6. The fraction of sp³-hybridized carbons (Fsp3) is 0.606. The molecule has 1 saturated heterocycles. The molecule has 18 heteroatoms. The summed E-state index contributed by atoms with van der Waals surface area (Å²) in [6, 6.07) is 4.21. The van der Waals surface area contributed by atoms with E-state index < -0.39 is 39.5 Å². The first-order valence-electron chi connectivity index (χ1n) is 16.7. The molecule has 13 nitrogen and oxygen atoms in total. The maximum atomic E-state index is 13.0. The van der Waals surface area contributed by atoms with Crippen LogP contribution < -0.4 is 9.46 Å². The van der Waals surface area contributed by atoms with E-state index in [1.807, 2.05) is 39.3 Å². The van der Waals surface area contributed by atoms with Crippen LogP contribution in [0.2, 0.25) is 5.15 Å². The van der Waals surface area contributed by atoms with Crippen LogP contribution in [-0.4, -0.2) is 80.3 Å². The molecule has 3 aromatic rings. The number of hydrogen-bond acceptors (Lipinski definition) is 9. The minimum Gasteiger partial charge on any atom is -0.477 e. The van der Waals surface area contributed by atoms with Crippen molar-refractivity contribution in [3.63, 3.8) is 0 Å². The Morgan fingerprint density at radius 1 is 1.12 bits per heavy atom. The molecule has 0 bridgehead atoms. The van der Waals surface area contributed by atoms with Gasteiger partial charge in [0.1, 0.15) is 15.6 Å². The van der Waals surface area contributed by atoms with Gasteiger partial charge in [-0.25, -0.2) is 27.6 Å². The van der Waals surface area contributed by atoms with Crippen LogP contribution in [0.15, 0.2) is 41.7 Å². The van der Waals surface area contributed by atoms with Crippen molar-refractivity contribution in [3.8, 4) is 11.7 Å². The molecule has 51 heavy (non-hydrogen) atoms. The van der Waals surface area contributed by atoms with Crippen LogP contribution in [0.25, 0.3) is 5.82 Å². The van der Waals surface area contributed by atoms with Crippen LogP contribution in [0.1, 0.15) is 83.5 Å². The molecule has 3 atom stereocenters. The van der Waals surface area contributed by atoms with Crippen molar-refractivity contribution in [3.05, 3.63) is 47.5 Å². The summed E-state index contributed by atoms with van der Waals surface area (Å²) in [6.45, 7) is 10.8. The first-order chi connectivity index (χ1) is 23.7. The van der Waals surface area contributed by atoms with E-state index in [1.165, 1.54) is 40.0 Å². The molecule has 0 spiro atoms. The molecule has 0 aromatic carbocycles. The van der Waals surface area contributed by atoms with Crippen molar-refractivity contribution >= 4 is 33.6 Å².